The van der Waals surface area contributed by atoms with Gasteiger partial charge in [0.2, 0.25) is 5.95 Å². The predicted octanol–water partition coefficient (Wildman–Crippen LogP) is 1.10. The maximum absolute atomic E-state index is 12.0. The Labute approximate surface area is 152 Å². The Bertz CT molecular complexity index is 976. The van der Waals surface area contributed by atoms with Gasteiger partial charge in [-0.15, -0.1) is 0 Å². The quantitative estimate of drug-likeness (QED) is 0.716. The minimum Gasteiger partial charge on any atom is -0.422 e. The van der Waals surface area contributed by atoms with Gasteiger partial charge in [0, 0.05) is 29.4 Å². The number of hydrogen-bond donors (Lipinski definition) is 1. The fourth-order valence-electron chi connectivity index (χ4n) is 3.59. The summed E-state index contributed by atoms with van der Waals surface area (Å²) in [5, 5.41) is 1.05. The summed E-state index contributed by atoms with van der Waals surface area (Å²) in [6.45, 7) is 8.69. The molecule has 0 amide bonds. The summed E-state index contributed by atoms with van der Waals surface area (Å²) in [5.41, 5.74) is 3.71. The molecule has 26 heavy (non-hydrogen) atoms. The fraction of sp³-hybridized carbons (Fsp3) is 0.350. The fourth-order valence-corrected chi connectivity index (χ4v) is 3.59. The van der Waals surface area contributed by atoms with Crippen molar-refractivity contribution in [3.8, 4) is 0 Å². The standard InChI is InChI=1S/C20H22N4O2/c1-14-4-5-17-16(12-18(25)26-19(17)15(14)2)13-23-8-10-24(11-9-23)20-21-6-3-7-22-20/h3-7,12H,8-11,13H2,1-2H3/p+1. The van der Waals surface area contributed by atoms with Crippen molar-refractivity contribution in [1.29, 1.82) is 0 Å². The van der Waals surface area contributed by atoms with Crippen molar-refractivity contribution in [1.82, 2.24) is 9.97 Å². The van der Waals surface area contributed by atoms with E-state index in [9.17, 15) is 4.79 Å². The van der Waals surface area contributed by atoms with Crippen LogP contribution in [0.25, 0.3) is 11.0 Å². The largest absolute Gasteiger partial charge is 0.422 e. The number of nitrogens with zero attached hydrogens (tertiary/aromatic N) is 3. The lowest BCUT2D eigenvalue weighted by Crippen LogP contribution is -3.13. The minimum atomic E-state index is -0.267. The van der Waals surface area contributed by atoms with Crippen molar-refractivity contribution in [3.05, 3.63) is 63.8 Å². The van der Waals surface area contributed by atoms with Crippen LogP contribution in [0.3, 0.4) is 0 Å². The van der Waals surface area contributed by atoms with Gasteiger partial charge in [-0.25, -0.2) is 14.8 Å². The van der Waals surface area contributed by atoms with Crippen LogP contribution in [0.4, 0.5) is 5.95 Å². The molecule has 0 saturated carbocycles. The molecule has 0 unspecified atom stereocenters. The zero-order valence-corrected chi connectivity index (χ0v) is 15.2. The predicted molar refractivity (Wildman–Crippen MR) is 101 cm³/mol. The zero-order valence-electron chi connectivity index (χ0n) is 15.2. The summed E-state index contributed by atoms with van der Waals surface area (Å²) in [7, 11) is 0. The van der Waals surface area contributed by atoms with Gasteiger partial charge in [-0.1, -0.05) is 12.1 Å². The smallest absolute Gasteiger partial charge is 0.336 e. The highest BCUT2D eigenvalue weighted by atomic mass is 16.4. The summed E-state index contributed by atoms with van der Waals surface area (Å²) in [4.78, 5) is 24.4. The summed E-state index contributed by atoms with van der Waals surface area (Å²) >= 11 is 0. The van der Waals surface area contributed by atoms with E-state index in [1.54, 1.807) is 18.5 Å². The molecule has 0 atom stereocenters. The summed E-state index contributed by atoms with van der Waals surface area (Å²) in [6.07, 6.45) is 3.56. The molecule has 4 rings (SSSR count). The second-order valence-electron chi connectivity index (χ2n) is 6.94. The molecule has 1 aliphatic rings. The SMILES string of the molecule is Cc1ccc2c(C[NH+]3CCN(c4ncccn4)CC3)cc(=O)oc2c1C. The van der Waals surface area contributed by atoms with Gasteiger partial charge in [-0.3, -0.25) is 0 Å². The van der Waals surface area contributed by atoms with Gasteiger partial charge in [0.1, 0.15) is 12.1 Å². The molecule has 1 saturated heterocycles. The van der Waals surface area contributed by atoms with Gasteiger partial charge in [0.05, 0.1) is 26.2 Å². The average molecular weight is 351 g/mol. The van der Waals surface area contributed by atoms with E-state index in [-0.39, 0.29) is 5.63 Å². The van der Waals surface area contributed by atoms with Crippen LogP contribution in [-0.2, 0) is 6.54 Å². The Morgan fingerprint density at radius 2 is 1.88 bits per heavy atom. The maximum atomic E-state index is 12.0. The molecule has 0 spiro atoms. The van der Waals surface area contributed by atoms with Crippen molar-refractivity contribution in [3.63, 3.8) is 0 Å². The van der Waals surface area contributed by atoms with Gasteiger partial charge in [-0.2, -0.15) is 0 Å². The summed E-state index contributed by atoms with van der Waals surface area (Å²) < 4.78 is 5.49. The zero-order chi connectivity index (χ0) is 18.1. The third-order valence-corrected chi connectivity index (χ3v) is 5.26. The first kappa shape index (κ1) is 16.7. The molecular formula is C20H23N4O2+. The monoisotopic (exact) mass is 351 g/mol. The first-order chi connectivity index (χ1) is 12.6. The Morgan fingerprint density at radius 1 is 1.15 bits per heavy atom. The number of anilines is 1. The van der Waals surface area contributed by atoms with Crippen LogP contribution in [0.15, 0.2) is 45.9 Å². The molecule has 6 nitrogen and oxygen atoms in total. The minimum absolute atomic E-state index is 0.267. The first-order valence-corrected chi connectivity index (χ1v) is 9.00. The third kappa shape index (κ3) is 3.20. The van der Waals surface area contributed by atoms with E-state index in [0.29, 0.717) is 0 Å². The lowest BCUT2D eigenvalue weighted by Gasteiger charge is -2.32. The summed E-state index contributed by atoms with van der Waals surface area (Å²) in [5.74, 6) is 0.795. The maximum Gasteiger partial charge on any atom is 0.336 e. The number of rotatable bonds is 3. The molecule has 2 aromatic heterocycles. The average Bonchev–Trinajstić information content (AvgIpc) is 2.66. The van der Waals surface area contributed by atoms with Gasteiger partial charge in [0.25, 0.3) is 0 Å². The van der Waals surface area contributed by atoms with Gasteiger partial charge >= 0.3 is 5.63 Å². The second-order valence-corrected chi connectivity index (χ2v) is 6.94. The van der Waals surface area contributed by atoms with Crippen LogP contribution < -0.4 is 15.4 Å². The van der Waals surface area contributed by atoms with E-state index in [2.05, 4.69) is 27.0 Å². The van der Waals surface area contributed by atoms with Gasteiger partial charge in [-0.05, 0) is 31.0 Å². The number of nitrogens with one attached hydrogen (secondary N) is 1. The van der Waals surface area contributed by atoms with E-state index in [1.165, 1.54) is 4.90 Å². The second kappa shape index (κ2) is 6.88. The number of hydrogen-bond acceptors (Lipinski definition) is 5. The number of quaternary nitrogens is 1. The van der Waals surface area contributed by atoms with Crippen molar-refractivity contribution in [2.75, 3.05) is 31.1 Å². The third-order valence-electron chi connectivity index (χ3n) is 5.26. The van der Waals surface area contributed by atoms with Crippen LogP contribution in [0, 0.1) is 13.8 Å². The Kier molecular flexibility index (Phi) is 4.42. The first-order valence-electron chi connectivity index (χ1n) is 9.00. The number of benzene rings is 1. The molecule has 6 heteroatoms. The van der Waals surface area contributed by atoms with Crippen LogP contribution in [0.5, 0.6) is 0 Å². The van der Waals surface area contributed by atoms with E-state index < -0.39 is 0 Å². The Morgan fingerprint density at radius 3 is 2.62 bits per heavy atom. The van der Waals surface area contributed by atoms with Crippen molar-refractivity contribution in [2.24, 2.45) is 0 Å². The molecule has 1 aromatic carbocycles. The topological polar surface area (TPSA) is 63.7 Å². The van der Waals surface area contributed by atoms with E-state index >= 15 is 0 Å². The van der Waals surface area contributed by atoms with E-state index in [0.717, 1.165) is 66.3 Å². The van der Waals surface area contributed by atoms with Crippen LogP contribution in [0.2, 0.25) is 0 Å². The lowest BCUT2D eigenvalue weighted by atomic mass is 10.0. The molecular weight excluding hydrogens is 328 g/mol. The van der Waals surface area contributed by atoms with Crippen molar-refractivity contribution in [2.45, 2.75) is 20.4 Å². The molecule has 0 radical (unpaired) electrons. The highest BCUT2D eigenvalue weighted by Gasteiger charge is 2.23. The van der Waals surface area contributed by atoms with E-state index in [4.69, 9.17) is 4.42 Å². The highest BCUT2D eigenvalue weighted by molar-refractivity contribution is 5.83. The number of fused-ring (bicyclic) bond motifs is 1. The van der Waals surface area contributed by atoms with Gasteiger partial charge in [0.15, 0.2) is 0 Å². The molecule has 0 bridgehead atoms. The van der Waals surface area contributed by atoms with Gasteiger partial charge < -0.3 is 14.2 Å². The Balaban J connectivity index is 1.54. The normalized spacial score (nSPS) is 15.5. The van der Waals surface area contributed by atoms with Crippen LogP contribution in [-0.4, -0.2) is 36.1 Å². The molecule has 3 aromatic rings. The molecule has 3 heterocycles. The number of piperazine rings is 1. The molecule has 1 N–H and O–H groups in total. The number of aromatic nitrogens is 2. The van der Waals surface area contributed by atoms with E-state index in [1.807, 2.05) is 19.9 Å². The molecule has 0 aliphatic carbocycles. The van der Waals surface area contributed by atoms with Crippen LogP contribution in [0.1, 0.15) is 16.7 Å². The molecule has 1 aliphatic heterocycles. The van der Waals surface area contributed by atoms with Crippen molar-refractivity contribution < 1.29 is 9.32 Å². The van der Waals surface area contributed by atoms with Crippen LogP contribution >= 0.6 is 0 Å². The number of aryl methyl sites for hydroxylation is 2. The molecule has 1 fully saturated rings. The summed E-state index contributed by atoms with van der Waals surface area (Å²) in [6, 6.07) is 7.65. The highest BCUT2D eigenvalue weighted by Crippen LogP contribution is 2.22. The lowest BCUT2D eigenvalue weighted by molar-refractivity contribution is -0.914. The Hall–Kier alpha value is -2.73. The molecule has 134 valence electrons. The van der Waals surface area contributed by atoms with Crippen molar-refractivity contribution >= 4 is 16.9 Å².